The molecule has 0 atom stereocenters. The maximum Gasteiger partial charge on any atom is 0.274 e. The van der Waals surface area contributed by atoms with Crippen molar-refractivity contribution in [2.75, 3.05) is 5.73 Å². The fraction of sp³-hybridized carbons (Fsp3) is 0.273. The molecule has 0 unspecified atom stereocenters. The molecule has 0 aliphatic rings. The third kappa shape index (κ3) is 2.56. The second-order valence-corrected chi connectivity index (χ2v) is 5.55. The van der Waals surface area contributed by atoms with E-state index in [1.165, 1.54) is 0 Å². The van der Waals surface area contributed by atoms with Gasteiger partial charge in [0.1, 0.15) is 0 Å². The molecule has 0 bridgehead atoms. The molecular weight excluding hydrogens is 316 g/mol. The fourth-order valence-electron chi connectivity index (χ4n) is 1.52. The van der Waals surface area contributed by atoms with Crippen molar-refractivity contribution >= 4 is 38.9 Å². The summed E-state index contributed by atoms with van der Waals surface area (Å²) < 4.78 is 0.997. The average molecular weight is 329 g/mol. The van der Waals surface area contributed by atoms with E-state index in [2.05, 4.69) is 31.4 Å². The first kappa shape index (κ1) is 13.1. The number of H-pyrrole nitrogens is 1. The van der Waals surface area contributed by atoms with Crippen molar-refractivity contribution in [2.24, 2.45) is 0 Å². The van der Waals surface area contributed by atoms with Crippen LogP contribution in [0.4, 0.5) is 5.69 Å². The van der Waals surface area contributed by atoms with Crippen LogP contribution in [0.2, 0.25) is 0 Å². The summed E-state index contributed by atoms with van der Waals surface area (Å²) >= 11 is 4.99. The van der Waals surface area contributed by atoms with Gasteiger partial charge in [-0.1, -0.05) is 6.92 Å². The molecule has 2 heterocycles. The molecule has 2 aromatic rings. The number of carbonyl (C=O) groups excluding carboxylic acids is 1. The van der Waals surface area contributed by atoms with Crippen molar-refractivity contribution in [3.8, 4) is 0 Å². The Morgan fingerprint density at radius 1 is 1.67 bits per heavy atom. The summed E-state index contributed by atoms with van der Waals surface area (Å²) in [5.41, 5.74) is 7.32. The zero-order chi connectivity index (χ0) is 13.1. The molecule has 4 N–H and O–H groups in total. The number of nitrogens with one attached hydrogen (secondary N) is 2. The van der Waals surface area contributed by atoms with Crippen LogP contribution in [0.25, 0.3) is 0 Å². The molecule has 0 aromatic carbocycles. The van der Waals surface area contributed by atoms with Gasteiger partial charge >= 0.3 is 0 Å². The molecule has 0 fully saturated rings. The van der Waals surface area contributed by atoms with Gasteiger partial charge in [-0.3, -0.25) is 9.89 Å². The number of nitrogen functional groups attached to an aromatic ring is 1. The van der Waals surface area contributed by atoms with Gasteiger partial charge in [-0.2, -0.15) is 5.10 Å². The molecule has 0 spiro atoms. The van der Waals surface area contributed by atoms with Gasteiger partial charge in [0, 0.05) is 9.35 Å². The van der Waals surface area contributed by atoms with Crippen LogP contribution >= 0.6 is 27.3 Å². The topological polar surface area (TPSA) is 83.8 Å². The van der Waals surface area contributed by atoms with Crippen molar-refractivity contribution in [1.29, 1.82) is 0 Å². The van der Waals surface area contributed by atoms with Crippen LogP contribution in [0.15, 0.2) is 15.9 Å². The Bertz CT molecular complexity index is 563. The van der Waals surface area contributed by atoms with Crippen LogP contribution in [-0.2, 0) is 13.0 Å². The lowest BCUT2D eigenvalue weighted by Crippen LogP contribution is -2.23. The molecule has 0 saturated carbocycles. The number of amides is 1. The number of nitrogens with two attached hydrogens (primary N) is 1. The summed E-state index contributed by atoms with van der Waals surface area (Å²) in [7, 11) is 0. The van der Waals surface area contributed by atoms with E-state index in [0.717, 1.165) is 21.5 Å². The third-order valence-electron chi connectivity index (χ3n) is 2.55. The molecule has 5 nitrogen and oxygen atoms in total. The van der Waals surface area contributed by atoms with Crippen LogP contribution < -0.4 is 11.1 Å². The van der Waals surface area contributed by atoms with Crippen LogP contribution in [0.3, 0.4) is 0 Å². The Labute approximate surface area is 117 Å². The minimum Gasteiger partial charge on any atom is -0.395 e. The first-order valence-electron chi connectivity index (χ1n) is 5.46. The number of aromatic amines is 1. The van der Waals surface area contributed by atoms with Crippen LogP contribution in [0, 0.1) is 0 Å². The van der Waals surface area contributed by atoms with E-state index in [-0.39, 0.29) is 11.6 Å². The van der Waals surface area contributed by atoms with Crippen LogP contribution in [-0.4, -0.2) is 16.1 Å². The molecule has 2 rings (SSSR count). The first-order valence-corrected chi connectivity index (χ1v) is 7.13. The minimum atomic E-state index is -0.260. The molecule has 0 aliphatic carbocycles. The van der Waals surface area contributed by atoms with E-state index >= 15 is 0 Å². The van der Waals surface area contributed by atoms with E-state index in [1.807, 2.05) is 18.4 Å². The van der Waals surface area contributed by atoms with E-state index in [1.54, 1.807) is 11.3 Å². The predicted octanol–water partition coefficient (Wildman–Crippen LogP) is 2.31. The highest BCUT2D eigenvalue weighted by atomic mass is 79.9. The second kappa shape index (κ2) is 5.53. The van der Waals surface area contributed by atoms with Crippen molar-refractivity contribution in [2.45, 2.75) is 19.9 Å². The van der Waals surface area contributed by atoms with Crippen LogP contribution in [0.5, 0.6) is 0 Å². The highest BCUT2D eigenvalue weighted by Crippen LogP contribution is 2.22. The number of hydrogen-bond acceptors (Lipinski definition) is 4. The molecule has 2 aromatic heterocycles. The standard InChI is InChI=1S/C11H13BrN4OS/c1-2-7-9(13)10(16-15-7)11(17)14-5-8-6(12)3-4-18-8/h3-4H,2,5,13H2,1H3,(H,14,17)(H,15,16). The monoisotopic (exact) mass is 328 g/mol. The lowest BCUT2D eigenvalue weighted by atomic mass is 10.2. The zero-order valence-corrected chi connectivity index (χ0v) is 12.2. The van der Waals surface area contributed by atoms with Gasteiger partial charge in [0.05, 0.1) is 17.9 Å². The third-order valence-corrected chi connectivity index (χ3v) is 4.48. The number of halogens is 1. The molecule has 0 aliphatic heterocycles. The van der Waals surface area contributed by atoms with E-state index in [4.69, 9.17) is 5.73 Å². The SMILES string of the molecule is CCc1[nH]nc(C(=O)NCc2sccc2Br)c1N. The van der Waals surface area contributed by atoms with Crippen molar-refractivity contribution in [3.05, 3.63) is 32.2 Å². The van der Waals surface area contributed by atoms with Crippen molar-refractivity contribution in [3.63, 3.8) is 0 Å². The summed E-state index contributed by atoms with van der Waals surface area (Å²) in [6.45, 7) is 2.42. The molecule has 7 heteroatoms. The van der Waals surface area contributed by atoms with Gasteiger partial charge in [-0.25, -0.2) is 0 Å². The molecule has 1 amide bonds. The number of rotatable bonds is 4. The lowest BCUT2D eigenvalue weighted by Gasteiger charge is -2.02. The predicted molar refractivity (Wildman–Crippen MR) is 75.6 cm³/mol. The minimum absolute atomic E-state index is 0.260. The number of carbonyl (C=O) groups is 1. The summed E-state index contributed by atoms with van der Waals surface area (Å²) in [6.07, 6.45) is 0.725. The quantitative estimate of drug-likeness (QED) is 0.805. The Morgan fingerprint density at radius 3 is 3.00 bits per heavy atom. The molecule has 96 valence electrons. The Balaban J connectivity index is 2.04. The highest BCUT2D eigenvalue weighted by Gasteiger charge is 2.16. The maximum absolute atomic E-state index is 11.9. The lowest BCUT2D eigenvalue weighted by molar-refractivity contribution is 0.0947. The molecular formula is C11H13BrN4OS. The van der Waals surface area contributed by atoms with Gasteiger partial charge < -0.3 is 11.1 Å². The maximum atomic E-state index is 11.9. The zero-order valence-electron chi connectivity index (χ0n) is 9.79. The number of anilines is 1. The molecule has 0 saturated heterocycles. The number of aromatic nitrogens is 2. The first-order chi connectivity index (χ1) is 8.63. The van der Waals surface area contributed by atoms with Gasteiger partial charge in [0.15, 0.2) is 5.69 Å². The molecule has 0 radical (unpaired) electrons. The Morgan fingerprint density at radius 2 is 2.44 bits per heavy atom. The fourth-order valence-corrected chi connectivity index (χ4v) is 2.96. The smallest absolute Gasteiger partial charge is 0.274 e. The van der Waals surface area contributed by atoms with E-state index < -0.39 is 0 Å². The van der Waals surface area contributed by atoms with Gasteiger partial charge in [0.2, 0.25) is 0 Å². The summed E-state index contributed by atoms with van der Waals surface area (Å²) in [6, 6.07) is 1.95. The summed E-state index contributed by atoms with van der Waals surface area (Å²) in [5, 5.41) is 11.5. The van der Waals surface area contributed by atoms with Gasteiger partial charge in [-0.15, -0.1) is 11.3 Å². The number of nitrogens with zero attached hydrogens (tertiary/aromatic N) is 1. The van der Waals surface area contributed by atoms with Crippen LogP contribution in [0.1, 0.15) is 28.0 Å². The normalized spacial score (nSPS) is 10.6. The largest absolute Gasteiger partial charge is 0.395 e. The van der Waals surface area contributed by atoms with Gasteiger partial charge in [0.25, 0.3) is 5.91 Å². The highest BCUT2D eigenvalue weighted by molar-refractivity contribution is 9.10. The number of aryl methyl sites for hydroxylation is 1. The Kier molecular flexibility index (Phi) is 4.03. The van der Waals surface area contributed by atoms with E-state index in [9.17, 15) is 4.79 Å². The molecule has 18 heavy (non-hydrogen) atoms. The average Bonchev–Trinajstić information content (AvgIpc) is 2.92. The van der Waals surface area contributed by atoms with Crippen molar-refractivity contribution < 1.29 is 4.79 Å². The number of thiophene rings is 1. The van der Waals surface area contributed by atoms with E-state index in [0.29, 0.717) is 12.2 Å². The number of hydrogen-bond donors (Lipinski definition) is 3. The van der Waals surface area contributed by atoms with Crippen molar-refractivity contribution in [1.82, 2.24) is 15.5 Å². The Hall–Kier alpha value is -1.34. The summed E-state index contributed by atoms with van der Waals surface area (Å²) in [4.78, 5) is 13.0. The second-order valence-electron chi connectivity index (χ2n) is 3.69. The van der Waals surface area contributed by atoms with Gasteiger partial charge in [-0.05, 0) is 33.8 Å². The summed E-state index contributed by atoms with van der Waals surface area (Å²) in [5.74, 6) is -0.260.